The lowest BCUT2D eigenvalue weighted by Gasteiger charge is -2.17. The number of nitrogens with one attached hydrogen (secondary N) is 1. The Morgan fingerprint density at radius 1 is 1.56 bits per heavy atom. The molecule has 0 heterocycles. The lowest BCUT2D eigenvalue weighted by molar-refractivity contribution is 0.905. The Kier molecular flexibility index (Phi) is 5.61. The Bertz CT molecular complexity index is 460. The van der Waals surface area contributed by atoms with Gasteiger partial charge < -0.3 is 10.6 Å². The first-order valence-electron chi connectivity index (χ1n) is 5.40. The van der Waals surface area contributed by atoms with Crippen LogP contribution in [0.2, 0.25) is 0 Å². The van der Waals surface area contributed by atoms with Crippen LogP contribution in [0.25, 0.3) is 0 Å². The molecule has 0 aliphatic rings. The zero-order valence-corrected chi connectivity index (χ0v) is 10.9. The molecule has 1 aromatic carbocycles. The van der Waals surface area contributed by atoms with Gasteiger partial charge in [-0.2, -0.15) is 10.4 Å². The van der Waals surface area contributed by atoms with Crippen LogP contribution in [0.4, 0.5) is 5.69 Å². The molecule has 0 saturated carbocycles. The number of hydrogen-bond donors (Lipinski definition) is 2. The van der Waals surface area contributed by atoms with E-state index < -0.39 is 0 Å². The Balaban J connectivity index is 2.60. The fraction of sp³-hybridized carbons (Fsp3) is 0.250. The van der Waals surface area contributed by atoms with Gasteiger partial charge in [0.25, 0.3) is 0 Å². The van der Waals surface area contributed by atoms with E-state index in [1.807, 2.05) is 36.2 Å². The summed E-state index contributed by atoms with van der Waals surface area (Å²) >= 11 is 4.63. The molecule has 94 valence electrons. The third-order valence-corrected chi connectivity index (χ3v) is 2.37. The maximum absolute atomic E-state index is 8.53. The quantitative estimate of drug-likeness (QED) is 0.473. The van der Waals surface area contributed by atoms with Gasteiger partial charge in [-0.1, -0.05) is 12.1 Å². The fourth-order valence-corrected chi connectivity index (χ4v) is 1.38. The van der Waals surface area contributed by atoms with Crippen LogP contribution in [0, 0.1) is 11.3 Å². The van der Waals surface area contributed by atoms with Crippen molar-refractivity contribution in [1.82, 2.24) is 5.43 Å². The van der Waals surface area contributed by atoms with Gasteiger partial charge in [0.15, 0.2) is 5.11 Å². The minimum absolute atomic E-state index is 0.138. The first-order chi connectivity index (χ1) is 8.63. The number of hydrazone groups is 1. The summed E-state index contributed by atoms with van der Waals surface area (Å²) in [4.78, 5) is 2.03. The summed E-state index contributed by atoms with van der Waals surface area (Å²) in [5.74, 6) is 0. The van der Waals surface area contributed by atoms with Crippen molar-refractivity contribution in [2.75, 3.05) is 18.5 Å². The van der Waals surface area contributed by atoms with Crippen LogP contribution in [0.3, 0.4) is 0 Å². The van der Waals surface area contributed by atoms with E-state index in [1.165, 1.54) is 0 Å². The molecule has 18 heavy (non-hydrogen) atoms. The molecule has 0 bridgehead atoms. The standard InChI is InChI=1S/C12H15N5S/c1-17(8-2-7-13)11-5-3-10(4-6-11)9-15-16-12(14)18/h3-6,9H,2,8H2,1H3,(H3,14,16,18)/b15-9-. The van der Waals surface area contributed by atoms with E-state index in [-0.39, 0.29) is 5.11 Å². The number of nitrogens with two attached hydrogens (primary N) is 1. The second-order valence-electron chi connectivity index (χ2n) is 3.66. The van der Waals surface area contributed by atoms with Crippen LogP contribution >= 0.6 is 12.2 Å². The summed E-state index contributed by atoms with van der Waals surface area (Å²) in [5, 5.41) is 12.5. The minimum Gasteiger partial charge on any atom is -0.375 e. The van der Waals surface area contributed by atoms with Gasteiger partial charge in [0.1, 0.15) is 0 Å². The molecule has 0 aliphatic carbocycles. The fourth-order valence-electron chi connectivity index (χ4n) is 1.33. The molecule has 3 N–H and O–H groups in total. The summed E-state index contributed by atoms with van der Waals surface area (Å²) in [6.45, 7) is 0.715. The van der Waals surface area contributed by atoms with E-state index in [2.05, 4.69) is 28.8 Å². The van der Waals surface area contributed by atoms with Crippen molar-refractivity contribution in [1.29, 1.82) is 5.26 Å². The third kappa shape index (κ3) is 4.80. The van der Waals surface area contributed by atoms with E-state index in [4.69, 9.17) is 11.0 Å². The van der Waals surface area contributed by atoms with Crippen LogP contribution < -0.4 is 16.1 Å². The van der Waals surface area contributed by atoms with Crippen molar-refractivity contribution in [3.8, 4) is 6.07 Å². The largest absolute Gasteiger partial charge is 0.375 e. The lowest BCUT2D eigenvalue weighted by Crippen LogP contribution is -2.24. The van der Waals surface area contributed by atoms with Gasteiger partial charge in [0, 0.05) is 19.3 Å². The zero-order chi connectivity index (χ0) is 13.4. The number of rotatable bonds is 5. The second kappa shape index (κ2) is 7.25. The highest BCUT2D eigenvalue weighted by molar-refractivity contribution is 7.80. The smallest absolute Gasteiger partial charge is 0.184 e. The highest BCUT2D eigenvalue weighted by atomic mass is 32.1. The predicted octanol–water partition coefficient (Wildman–Crippen LogP) is 1.20. The molecule has 5 nitrogen and oxygen atoms in total. The molecule has 0 fully saturated rings. The van der Waals surface area contributed by atoms with Crippen LogP contribution in [0.15, 0.2) is 29.4 Å². The minimum atomic E-state index is 0.138. The maximum atomic E-state index is 8.53. The average molecular weight is 261 g/mol. The van der Waals surface area contributed by atoms with Gasteiger partial charge in [0.05, 0.1) is 18.7 Å². The molecule has 0 unspecified atom stereocenters. The van der Waals surface area contributed by atoms with Crippen molar-refractivity contribution in [2.24, 2.45) is 10.8 Å². The monoisotopic (exact) mass is 261 g/mol. The third-order valence-electron chi connectivity index (χ3n) is 2.28. The number of hydrogen-bond acceptors (Lipinski definition) is 4. The summed E-state index contributed by atoms with van der Waals surface area (Å²) in [5.41, 5.74) is 9.73. The van der Waals surface area contributed by atoms with E-state index >= 15 is 0 Å². The summed E-state index contributed by atoms with van der Waals surface area (Å²) < 4.78 is 0. The number of nitriles is 1. The Morgan fingerprint density at radius 3 is 2.78 bits per heavy atom. The zero-order valence-electron chi connectivity index (χ0n) is 10.1. The van der Waals surface area contributed by atoms with Gasteiger partial charge in [-0.15, -0.1) is 0 Å². The number of nitrogens with zero attached hydrogens (tertiary/aromatic N) is 3. The molecule has 6 heteroatoms. The van der Waals surface area contributed by atoms with Crippen LogP contribution in [0.5, 0.6) is 0 Å². The molecule has 0 atom stereocenters. The van der Waals surface area contributed by atoms with Crippen molar-refractivity contribution in [3.05, 3.63) is 29.8 Å². The van der Waals surface area contributed by atoms with Gasteiger partial charge in [-0.25, -0.2) is 0 Å². The predicted molar refractivity (Wildman–Crippen MR) is 77.5 cm³/mol. The Labute approximate surface area is 112 Å². The lowest BCUT2D eigenvalue weighted by atomic mass is 10.2. The Hall–Kier alpha value is -2.13. The van der Waals surface area contributed by atoms with Gasteiger partial charge in [-0.05, 0) is 29.9 Å². The van der Waals surface area contributed by atoms with Crippen LogP contribution in [-0.2, 0) is 0 Å². The molecule has 0 spiro atoms. The first-order valence-corrected chi connectivity index (χ1v) is 5.81. The van der Waals surface area contributed by atoms with Gasteiger partial charge >= 0.3 is 0 Å². The average Bonchev–Trinajstić information content (AvgIpc) is 2.36. The highest BCUT2D eigenvalue weighted by Crippen LogP contribution is 2.13. The highest BCUT2D eigenvalue weighted by Gasteiger charge is 1.99. The van der Waals surface area contributed by atoms with Crippen molar-refractivity contribution in [2.45, 2.75) is 6.42 Å². The van der Waals surface area contributed by atoms with Crippen molar-refractivity contribution in [3.63, 3.8) is 0 Å². The van der Waals surface area contributed by atoms with E-state index in [9.17, 15) is 0 Å². The van der Waals surface area contributed by atoms with Crippen molar-refractivity contribution >= 4 is 29.2 Å². The summed E-state index contributed by atoms with van der Waals surface area (Å²) in [6, 6.07) is 9.93. The maximum Gasteiger partial charge on any atom is 0.184 e. The molecule has 0 amide bonds. The normalized spacial score (nSPS) is 10.0. The van der Waals surface area contributed by atoms with E-state index in [0.29, 0.717) is 13.0 Å². The van der Waals surface area contributed by atoms with Gasteiger partial charge in [-0.3, -0.25) is 5.43 Å². The molecule has 0 aliphatic heterocycles. The topological polar surface area (TPSA) is 77.4 Å². The van der Waals surface area contributed by atoms with E-state index in [0.717, 1.165) is 11.3 Å². The molecular weight excluding hydrogens is 246 g/mol. The summed E-state index contributed by atoms with van der Waals surface area (Å²) in [6.07, 6.45) is 2.15. The van der Waals surface area contributed by atoms with Gasteiger partial charge in [0.2, 0.25) is 0 Å². The van der Waals surface area contributed by atoms with Crippen LogP contribution in [0.1, 0.15) is 12.0 Å². The molecule has 1 aromatic rings. The molecule has 0 aromatic heterocycles. The molecule has 0 radical (unpaired) electrons. The summed E-state index contributed by atoms with van der Waals surface area (Å²) in [7, 11) is 1.95. The van der Waals surface area contributed by atoms with Crippen molar-refractivity contribution < 1.29 is 0 Å². The van der Waals surface area contributed by atoms with E-state index in [1.54, 1.807) is 6.21 Å². The molecular formula is C12H15N5S. The second-order valence-corrected chi connectivity index (χ2v) is 4.10. The number of anilines is 1. The number of thiocarbonyl (C=S) groups is 1. The Morgan fingerprint density at radius 2 is 2.22 bits per heavy atom. The molecule has 1 rings (SSSR count). The molecule has 0 saturated heterocycles. The SMILES string of the molecule is CN(CCC#N)c1ccc(/C=N\NC(N)=S)cc1. The first kappa shape index (κ1) is 13.9. The number of benzene rings is 1. The van der Waals surface area contributed by atoms with Crippen LogP contribution in [-0.4, -0.2) is 24.9 Å².